The molecule has 0 aliphatic heterocycles. The molecule has 0 saturated carbocycles. The lowest BCUT2D eigenvalue weighted by atomic mass is 10.0. The lowest BCUT2D eigenvalue weighted by molar-refractivity contribution is -0.122. The second-order valence-corrected chi connectivity index (χ2v) is 8.86. The maximum absolute atomic E-state index is 13.2. The van der Waals surface area contributed by atoms with Gasteiger partial charge in [-0.2, -0.15) is 11.8 Å². The minimum Gasteiger partial charge on any atom is -0.346 e. The van der Waals surface area contributed by atoms with Gasteiger partial charge in [-0.1, -0.05) is 35.9 Å². The molecule has 0 bridgehead atoms. The number of hydrogen-bond donors (Lipinski definition) is 2. The maximum atomic E-state index is 13.2. The van der Waals surface area contributed by atoms with Gasteiger partial charge in [-0.3, -0.25) is 4.79 Å². The van der Waals surface area contributed by atoms with E-state index in [4.69, 9.17) is 16.6 Å². The first-order chi connectivity index (χ1) is 15.1. The molecular weight excluding hydrogens is 428 g/mol. The molecule has 0 saturated heterocycles. The van der Waals surface area contributed by atoms with Gasteiger partial charge >= 0.3 is 0 Å². The molecule has 4 aromatic rings. The fourth-order valence-corrected chi connectivity index (χ4v) is 4.31. The van der Waals surface area contributed by atoms with Gasteiger partial charge < -0.3 is 14.9 Å². The Kier molecular flexibility index (Phi) is 6.99. The normalized spacial score (nSPS) is 13.2. The zero-order chi connectivity index (χ0) is 21.6. The molecule has 7 heteroatoms. The van der Waals surface area contributed by atoms with E-state index in [1.54, 1.807) is 11.8 Å². The summed E-state index contributed by atoms with van der Waals surface area (Å²) in [5.74, 6) is 1.72. The Balaban J connectivity index is 1.54. The van der Waals surface area contributed by atoms with E-state index in [2.05, 4.69) is 21.1 Å². The molecule has 1 unspecified atom stereocenters. The number of aromatic amines is 1. The standard InChI is InChI=1S/C24H25ClN4OS/c1-31-15-12-21(24-27-19-6-2-3-7-20(19)28-24)26-23(30)16-22(29-13-4-5-14-29)17-8-10-18(25)11-9-17/h2-11,13-14,21-22H,12,15-16H2,1H3,(H,26,30)(H,27,28)/t21-,22?/m0/s1. The number of benzene rings is 2. The van der Waals surface area contributed by atoms with Crippen LogP contribution in [0.4, 0.5) is 0 Å². The third-order valence-corrected chi connectivity index (χ3v) is 6.20. The highest BCUT2D eigenvalue weighted by atomic mass is 35.5. The van der Waals surface area contributed by atoms with Gasteiger partial charge in [0.15, 0.2) is 0 Å². The van der Waals surface area contributed by atoms with E-state index in [9.17, 15) is 4.79 Å². The monoisotopic (exact) mass is 452 g/mol. The lowest BCUT2D eigenvalue weighted by Gasteiger charge is -2.22. The van der Waals surface area contributed by atoms with Crippen LogP contribution < -0.4 is 5.32 Å². The Bertz CT molecular complexity index is 1090. The Morgan fingerprint density at radius 2 is 1.87 bits per heavy atom. The lowest BCUT2D eigenvalue weighted by Crippen LogP contribution is -2.31. The van der Waals surface area contributed by atoms with E-state index in [1.807, 2.05) is 73.1 Å². The molecule has 0 fully saturated rings. The summed E-state index contributed by atoms with van der Waals surface area (Å²) in [7, 11) is 0. The quantitative estimate of drug-likeness (QED) is 0.347. The van der Waals surface area contributed by atoms with Crippen molar-refractivity contribution in [3.05, 3.63) is 89.5 Å². The van der Waals surface area contributed by atoms with E-state index < -0.39 is 0 Å². The van der Waals surface area contributed by atoms with Crippen molar-refractivity contribution in [1.29, 1.82) is 0 Å². The number of H-pyrrole nitrogens is 1. The van der Waals surface area contributed by atoms with Crippen molar-refractivity contribution < 1.29 is 4.79 Å². The molecule has 0 radical (unpaired) electrons. The molecule has 2 aromatic carbocycles. The number of nitrogens with one attached hydrogen (secondary N) is 2. The van der Waals surface area contributed by atoms with Gasteiger partial charge in [0.25, 0.3) is 0 Å². The van der Waals surface area contributed by atoms with Crippen LogP contribution in [0.1, 0.15) is 36.3 Å². The highest BCUT2D eigenvalue weighted by Crippen LogP contribution is 2.25. The van der Waals surface area contributed by atoms with Crippen LogP contribution in [0.2, 0.25) is 5.02 Å². The van der Waals surface area contributed by atoms with Crippen LogP contribution in [0.25, 0.3) is 11.0 Å². The summed E-state index contributed by atoms with van der Waals surface area (Å²) in [5, 5.41) is 3.90. The third kappa shape index (κ3) is 5.32. The molecule has 0 aliphatic carbocycles. The number of imidazole rings is 1. The van der Waals surface area contributed by atoms with Crippen LogP contribution in [0, 0.1) is 0 Å². The average molecular weight is 453 g/mol. The number of nitrogens with zero attached hydrogens (tertiary/aromatic N) is 2. The number of hydrogen-bond acceptors (Lipinski definition) is 3. The smallest absolute Gasteiger partial charge is 0.223 e. The van der Waals surface area contributed by atoms with Crippen LogP contribution in [-0.2, 0) is 4.79 Å². The number of fused-ring (bicyclic) bond motifs is 1. The molecule has 4 rings (SSSR count). The number of para-hydroxylation sites is 2. The second kappa shape index (κ2) is 10.1. The maximum Gasteiger partial charge on any atom is 0.223 e. The second-order valence-electron chi connectivity index (χ2n) is 7.44. The molecule has 5 nitrogen and oxygen atoms in total. The first-order valence-corrected chi connectivity index (χ1v) is 12.0. The molecule has 2 atom stereocenters. The highest BCUT2D eigenvalue weighted by Gasteiger charge is 2.22. The van der Waals surface area contributed by atoms with Gasteiger partial charge in [0.2, 0.25) is 5.91 Å². The van der Waals surface area contributed by atoms with E-state index in [0.717, 1.165) is 34.6 Å². The number of carbonyl (C=O) groups excluding carboxylic acids is 1. The first kappa shape index (κ1) is 21.5. The largest absolute Gasteiger partial charge is 0.346 e. The first-order valence-electron chi connectivity index (χ1n) is 10.2. The summed E-state index contributed by atoms with van der Waals surface area (Å²) in [6.45, 7) is 0. The molecule has 2 N–H and O–H groups in total. The summed E-state index contributed by atoms with van der Waals surface area (Å²) in [6.07, 6.45) is 7.17. The number of carbonyl (C=O) groups is 1. The summed E-state index contributed by atoms with van der Waals surface area (Å²) in [5.41, 5.74) is 2.93. The number of thioether (sulfide) groups is 1. The average Bonchev–Trinajstić information content (AvgIpc) is 3.45. The van der Waals surface area contributed by atoms with Crippen LogP contribution in [-0.4, -0.2) is 32.5 Å². The van der Waals surface area contributed by atoms with E-state index >= 15 is 0 Å². The fourth-order valence-electron chi connectivity index (χ4n) is 3.72. The number of aromatic nitrogens is 3. The molecule has 0 aliphatic rings. The summed E-state index contributed by atoms with van der Waals surface area (Å²) < 4.78 is 2.06. The van der Waals surface area contributed by atoms with Crippen LogP contribution >= 0.6 is 23.4 Å². The molecule has 31 heavy (non-hydrogen) atoms. The Labute approximate surface area is 191 Å². The van der Waals surface area contributed by atoms with Crippen molar-refractivity contribution in [1.82, 2.24) is 19.9 Å². The number of rotatable bonds is 9. The zero-order valence-corrected chi connectivity index (χ0v) is 18.9. The predicted octanol–water partition coefficient (Wildman–Crippen LogP) is 5.61. The summed E-state index contributed by atoms with van der Waals surface area (Å²) >= 11 is 7.83. The fraction of sp³-hybridized carbons (Fsp3) is 0.250. The van der Waals surface area contributed by atoms with Gasteiger partial charge in [0, 0.05) is 17.4 Å². The van der Waals surface area contributed by atoms with Crippen LogP contribution in [0.15, 0.2) is 73.1 Å². The van der Waals surface area contributed by atoms with Gasteiger partial charge in [0.05, 0.1) is 29.5 Å². The van der Waals surface area contributed by atoms with Crippen LogP contribution in [0.3, 0.4) is 0 Å². The van der Waals surface area contributed by atoms with Crippen molar-refractivity contribution in [2.24, 2.45) is 0 Å². The SMILES string of the molecule is CSCC[C@H](NC(=O)CC(c1ccc(Cl)cc1)n1cccc1)c1nc2ccccc2[nH]1. The molecule has 2 heterocycles. The van der Waals surface area contributed by atoms with E-state index in [0.29, 0.717) is 11.4 Å². The van der Waals surface area contributed by atoms with Crippen molar-refractivity contribution in [2.75, 3.05) is 12.0 Å². The van der Waals surface area contributed by atoms with Crippen molar-refractivity contribution in [2.45, 2.75) is 24.9 Å². The topological polar surface area (TPSA) is 62.7 Å². The minimum atomic E-state index is -0.164. The Hall–Kier alpha value is -2.70. The highest BCUT2D eigenvalue weighted by molar-refractivity contribution is 7.98. The van der Waals surface area contributed by atoms with Crippen molar-refractivity contribution >= 4 is 40.3 Å². The van der Waals surface area contributed by atoms with Crippen molar-refractivity contribution in [3.8, 4) is 0 Å². The minimum absolute atomic E-state index is 0.0137. The van der Waals surface area contributed by atoms with E-state index in [1.165, 1.54) is 0 Å². The van der Waals surface area contributed by atoms with Gasteiger partial charge in [-0.05, 0) is 60.4 Å². The van der Waals surface area contributed by atoms with E-state index in [-0.39, 0.29) is 18.0 Å². The molecule has 1 amide bonds. The third-order valence-electron chi connectivity index (χ3n) is 5.30. The summed E-state index contributed by atoms with van der Waals surface area (Å²) in [6, 6.07) is 19.3. The molecular formula is C24H25ClN4OS. The Morgan fingerprint density at radius 1 is 1.13 bits per heavy atom. The number of amides is 1. The molecule has 0 spiro atoms. The van der Waals surface area contributed by atoms with Gasteiger partial charge in [0.1, 0.15) is 5.82 Å². The predicted molar refractivity (Wildman–Crippen MR) is 129 cm³/mol. The summed E-state index contributed by atoms with van der Waals surface area (Å²) in [4.78, 5) is 21.2. The van der Waals surface area contributed by atoms with Gasteiger partial charge in [-0.15, -0.1) is 0 Å². The number of halogens is 1. The molecule has 2 aromatic heterocycles. The van der Waals surface area contributed by atoms with Crippen molar-refractivity contribution in [3.63, 3.8) is 0 Å². The molecule has 160 valence electrons. The zero-order valence-electron chi connectivity index (χ0n) is 17.3. The van der Waals surface area contributed by atoms with Gasteiger partial charge in [-0.25, -0.2) is 4.98 Å². The van der Waals surface area contributed by atoms with Crippen LogP contribution in [0.5, 0.6) is 0 Å². The Morgan fingerprint density at radius 3 is 2.58 bits per heavy atom.